The van der Waals surface area contributed by atoms with E-state index in [0.717, 1.165) is 32.5 Å². The maximum Gasteiger partial charge on any atom is 0.136 e. The fourth-order valence-electron chi connectivity index (χ4n) is 2.84. The highest BCUT2D eigenvalue weighted by molar-refractivity contribution is 9.10. The van der Waals surface area contributed by atoms with E-state index in [1.807, 2.05) is 29.6 Å². The Morgan fingerprint density at radius 2 is 1.81 bits per heavy atom. The van der Waals surface area contributed by atoms with Gasteiger partial charge < -0.3 is 5.32 Å². The minimum absolute atomic E-state index is 0.526. The number of nitriles is 1. The van der Waals surface area contributed by atoms with Crippen LogP contribution in [0.25, 0.3) is 16.8 Å². The van der Waals surface area contributed by atoms with Gasteiger partial charge in [0.15, 0.2) is 0 Å². The first-order valence-electron chi connectivity index (χ1n) is 8.14. The van der Waals surface area contributed by atoms with Gasteiger partial charge in [0.2, 0.25) is 0 Å². The number of aromatic nitrogens is 1. The monoisotopic (exact) mass is 423 g/mol. The SMILES string of the molecule is Cc1cc(C)c(NC=C(C#N)c2nc(-c3ccc(Br)cc3)cs2)c(C)c1. The molecule has 0 spiro atoms. The summed E-state index contributed by atoms with van der Waals surface area (Å²) >= 11 is 4.91. The minimum atomic E-state index is 0.526. The van der Waals surface area contributed by atoms with E-state index in [1.54, 1.807) is 6.20 Å². The molecular formula is C21H18BrN3S. The summed E-state index contributed by atoms with van der Waals surface area (Å²) in [7, 11) is 0. The zero-order chi connectivity index (χ0) is 18.7. The molecule has 0 unspecified atom stereocenters. The van der Waals surface area contributed by atoms with Crippen molar-refractivity contribution < 1.29 is 0 Å². The molecule has 3 rings (SSSR count). The van der Waals surface area contributed by atoms with E-state index in [-0.39, 0.29) is 0 Å². The minimum Gasteiger partial charge on any atom is -0.360 e. The van der Waals surface area contributed by atoms with E-state index >= 15 is 0 Å². The lowest BCUT2D eigenvalue weighted by molar-refractivity contribution is 1.31. The molecule has 2 aromatic carbocycles. The van der Waals surface area contributed by atoms with Crippen LogP contribution in [0.15, 0.2) is 52.5 Å². The van der Waals surface area contributed by atoms with Crippen molar-refractivity contribution in [3.8, 4) is 17.3 Å². The van der Waals surface area contributed by atoms with Gasteiger partial charge >= 0.3 is 0 Å². The predicted molar refractivity (Wildman–Crippen MR) is 113 cm³/mol. The number of allylic oxidation sites excluding steroid dienone is 1. The van der Waals surface area contributed by atoms with Gasteiger partial charge in [0, 0.05) is 27.3 Å². The summed E-state index contributed by atoms with van der Waals surface area (Å²) in [4.78, 5) is 4.63. The van der Waals surface area contributed by atoms with Crippen molar-refractivity contribution in [1.29, 1.82) is 5.26 Å². The Balaban J connectivity index is 1.87. The van der Waals surface area contributed by atoms with Crippen LogP contribution in [0.1, 0.15) is 21.7 Å². The quantitative estimate of drug-likeness (QED) is 0.488. The summed E-state index contributed by atoms with van der Waals surface area (Å²) < 4.78 is 1.03. The molecule has 0 bridgehead atoms. The fraction of sp³-hybridized carbons (Fsp3) is 0.143. The van der Waals surface area contributed by atoms with E-state index in [0.29, 0.717) is 10.6 Å². The summed E-state index contributed by atoms with van der Waals surface area (Å²) in [5.41, 5.74) is 7.02. The Morgan fingerprint density at radius 1 is 1.15 bits per heavy atom. The van der Waals surface area contributed by atoms with Crippen molar-refractivity contribution in [2.24, 2.45) is 0 Å². The van der Waals surface area contributed by atoms with Crippen LogP contribution >= 0.6 is 27.3 Å². The number of aryl methyl sites for hydroxylation is 3. The van der Waals surface area contributed by atoms with Crippen LogP contribution in [-0.2, 0) is 0 Å². The molecule has 3 aromatic rings. The molecule has 0 saturated carbocycles. The lowest BCUT2D eigenvalue weighted by Crippen LogP contribution is -1.97. The van der Waals surface area contributed by atoms with Crippen LogP contribution in [-0.4, -0.2) is 4.98 Å². The molecule has 1 N–H and O–H groups in total. The fourth-order valence-corrected chi connectivity index (χ4v) is 3.90. The molecule has 0 fully saturated rings. The molecule has 1 heterocycles. The summed E-state index contributed by atoms with van der Waals surface area (Å²) in [6.45, 7) is 6.22. The summed E-state index contributed by atoms with van der Waals surface area (Å²) in [5.74, 6) is 0. The lowest BCUT2D eigenvalue weighted by atomic mass is 10.1. The number of hydrogen-bond donors (Lipinski definition) is 1. The Bertz CT molecular complexity index is 987. The smallest absolute Gasteiger partial charge is 0.136 e. The molecule has 0 aliphatic carbocycles. The lowest BCUT2D eigenvalue weighted by Gasteiger charge is -2.11. The Morgan fingerprint density at radius 3 is 2.42 bits per heavy atom. The van der Waals surface area contributed by atoms with Crippen molar-refractivity contribution in [2.75, 3.05) is 5.32 Å². The highest BCUT2D eigenvalue weighted by Gasteiger charge is 2.10. The van der Waals surface area contributed by atoms with Crippen molar-refractivity contribution in [2.45, 2.75) is 20.8 Å². The summed E-state index contributed by atoms with van der Waals surface area (Å²) in [5, 5.41) is 15.5. The maximum absolute atomic E-state index is 9.56. The Labute approximate surface area is 166 Å². The van der Waals surface area contributed by atoms with Gasteiger partial charge in [-0.25, -0.2) is 4.98 Å². The second kappa shape index (κ2) is 7.86. The molecule has 1 aromatic heterocycles. The van der Waals surface area contributed by atoms with Gasteiger partial charge in [-0.2, -0.15) is 5.26 Å². The third-order valence-corrected chi connectivity index (χ3v) is 5.44. The molecule has 0 aliphatic heterocycles. The van der Waals surface area contributed by atoms with Crippen LogP contribution < -0.4 is 5.32 Å². The number of rotatable bonds is 4. The second-order valence-electron chi connectivity index (χ2n) is 6.13. The maximum atomic E-state index is 9.56. The average Bonchev–Trinajstić information content (AvgIpc) is 3.07. The van der Waals surface area contributed by atoms with Crippen molar-refractivity contribution >= 4 is 38.5 Å². The van der Waals surface area contributed by atoms with Gasteiger partial charge in [0.25, 0.3) is 0 Å². The molecular weight excluding hydrogens is 406 g/mol. The molecule has 5 heteroatoms. The highest BCUT2D eigenvalue weighted by atomic mass is 79.9. The number of hydrogen-bond acceptors (Lipinski definition) is 4. The first kappa shape index (κ1) is 18.4. The molecule has 0 amide bonds. The second-order valence-corrected chi connectivity index (χ2v) is 7.91. The molecule has 3 nitrogen and oxygen atoms in total. The third kappa shape index (κ3) is 4.04. The van der Waals surface area contributed by atoms with Gasteiger partial charge in [-0.3, -0.25) is 0 Å². The van der Waals surface area contributed by atoms with Crippen LogP contribution in [0.3, 0.4) is 0 Å². The normalized spacial score (nSPS) is 11.3. The van der Waals surface area contributed by atoms with E-state index in [2.05, 4.69) is 65.2 Å². The van der Waals surface area contributed by atoms with Crippen LogP contribution in [0.2, 0.25) is 0 Å². The number of halogens is 1. The topological polar surface area (TPSA) is 48.7 Å². The largest absolute Gasteiger partial charge is 0.360 e. The van der Waals surface area contributed by atoms with Gasteiger partial charge in [-0.15, -0.1) is 11.3 Å². The zero-order valence-corrected chi connectivity index (χ0v) is 17.2. The van der Waals surface area contributed by atoms with Crippen LogP contribution in [0.5, 0.6) is 0 Å². The molecule has 0 aliphatic rings. The summed E-state index contributed by atoms with van der Waals surface area (Å²) in [6.07, 6.45) is 1.74. The van der Waals surface area contributed by atoms with Crippen LogP contribution in [0, 0.1) is 32.1 Å². The third-order valence-electron chi connectivity index (χ3n) is 4.03. The first-order chi connectivity index (χ1) is 12.5. The van der Waals surface area contributed by atoms with Gasteiger partial charge in [-0.1, -0.05) is 45.8 Å². The molecule has 0 radical (unpaired) electrons. The molecule has 130 valence electrons. The van der Waals surface area contributed by atoms with Crippen molar-refractivity contribution in [1.82, 2.24) is 4.98 Å². The zero-order valence-electron chi connectivity index (χ0n) is 14.8. The Kier molecular flexibility index (Phi) is 5.55. The number of anilines is 1. The standard InChI is InChI=1S/C21H18BrN3S/c1-13-8-14(2)20(15(3)9-13)24-11-17(10-23)21-25-19(12-26-21)16-4-6-18(22)7-5-16/h4-9,11-12,24H,1-3H3. The number of nitrogens with one attached hydrogen (secondary N) is 1. The molecule has 26 heavy (non-hydrogen) atoms. The van der Waals surface area contributed by atoms with E-state index < -0.39 is 0 Å². The number of nitrogens with zero attached hydrogens (tertiary/aromatic N) is 2. The van der Waals surface area contributed by atoms with E-state index in [1.165, 1.54) is 16.9 Å². The molecule has 0 atom stereocenters. The van der Waals surface area contributed by atoms with Gasteiger partial charge in [0.1, 0.15) is 16.6 Å². The van der Waals surface area contributed by atoms with Crippen LogP contribution in [0.4, 0.5) is 5.69 Å². The van der Waals surface area contributed by atoms with E-state index in [4.69, 9.17) is 0 Å². The predicted octanol–water partition coefficient (Wildman–Crippen LogP) is 6.47. The summed E-state index contributed by atoms with van der Waals surface area (Å²) in [6, 6.07) is 14.5. The highest BCUT2D eigenvalue weighted by Crippen LogP contribution is 2.28. The van der Waals surface area contributed by atoms with Gasteiger partial charge in [-0.05, 0) is 44.0 Å². The number of benzene rings is 2. The van der Waals surface area contributed by atoms with Crippen molar-refractivity contribution in [3.63, 3.8) is 0 Å². The van der Waals surface area contributed by atoms with Gasteiger partial charge in [0.05, 0.1) is 5.69 Å². The van der Waals surface area contributed by atoms with Crippen molar-refractivity contribution in [3.05, 3.63) is 74.1 Å². The molecule has 0 saturated heterocycles. The first-order valence-corrected chi connectivity index (χ1v) is 9.81. The number of thiazole rings is 1. The average molecular weight is 424 g/mol. The Hall–Kier alpha value is -2.42. The van der Waals surface area contributed by atoms with E-state index in [9.17, 15) is 5.26 Å².